The van der Waals surface area contributed by atoms with Crippen LogP contribution in [0.25, 0.3) is 0 Å². The smallest absolute Gasteiger partial charge is 0.341 e. The molecule has 0 saturated heterocycles. The number of fused-ring (bicyclic) bond motifs is 1. The van der Waals surface area contributed by atoms with Crippen LogP contribution in [-0.2, 0) is 22.4 Å². The number of ether oxygens (including phenoxy) is 1. The second-order valence-electron chi connectivity index (χ2n) is 9.46. The monoisotopic (exact) mass is 565 g/mol. The van der Waals surface area contributed by atoms with E-state index in [9.17, 15) is 20.3 Å². The van der Waals surface area contributed by atoms with Crippen LogP contribution in [0.5, 0.6) is 0 Å². The lowest BCUT2D eigenvalue weighted by Crippen LogP contribution is -2.46. The third-order valence-corrected chi connectivity index (χ3v) is 9.14. The summed E-state index contributed by atoms with van der Waals surface area (Å²) >= 11 is 5.00. The van der Waals surface area contributed by atoms with Gasteiger partial charge in [0, 0.05) is 33.0 Å². The van der Waals surface area contributed by atoms with Crippen molar-refractivity contribution >= 4 is 49.9 Å². The fourth-order valence-corrected chi connectivity index (χ4v) is 7.42. The number of aryl methyl sites for hydroxylation is 1. The predicted molar refractivity (Wildman–Crippen MR) is 144 cm³/mol. The lowest BCUT2D eigenvalue weighted by atomic mass is 9.72. The van der Waals surface area contributed by atoms with Crippen LogP contribution >= 0.6 is 27.3 Å². The second-order valence-corrected chi connectivity index (χ2v) is 11.5. The zero-order valence-corrected chi connectivity index (χ0v) is 22.6. The van der Waals surface area contributed by atoms with Crippen molar-refractivity contribution in [3.05, 3.63) is 61.6 Å². The van der Waals surface area contributed by atoms with E-state index in [0.29, 0.717) is 35.4 Å². The molecule has 0 saturated carbocycles. The van der Waals surface area contributed by atoms with Crippen LogP contribution in [0.15, 0.2) is 40.0 Å². The molecule has 0 spiro atoms. The minimum absolute atomic E-state index is 0.0257. The largest absolute Gasteiger partial charge is 0.462 e. The summed E-state index contributed by atoms with van der Waals surface area (Å²) in [7, 11) is 0. The number of nitriles is 1. The van der Waals surface area contributed by atoms with Gasteiger partial charge in [0.1, 0.15) is 16.8 Å². The van der Waals surface area contributed by atoms with Crippen LogP contribution in [0.2, 0.25) is 0 Å². The summed E-state index contributed by atoms with van der Waals surface area (Å²) in [6, 6.07) is 10.00. The molecule has 5 rings (SSSR count). The van der Waals surface area contributed by atoms with Crippen molar-refractivity contribution < 1.29 is 14.3 Å². The summed E-state index contributed by atoms with van der Waals surface area (Å²) in [4.78, 5) is 29.6. The Bertz CT molecular complexity index is 1300. The van der Waals surface area contributed by atoms with Gasteiger partial charge >= 0.3 is 5.97 Å². The minimum Gasteiger partial charge on any atom is -0.462 e. The number of allylic oxidation sites excluding steroid dienone is 2. The molecule has 0 fully saturated rings. The van der Waals surface area contributed by atoms with Gasteiger partial charge < -0.3 is 4.74 Å². The van der Waals surface area contributed by atoms with Crippen LogP contribution in [0, 0.1) is 22.7 Å². The highest BCUT2D eigenvalue weighted by Crippen LogP contribution is 2.50. The van der Waals surface area contributed by atoms with Gasteiger partial charge in [-0.1, -0.05) is 34.5 Å². The first kappa shape index (κ1) is 24.9. The van der Waals surface area contributed by atoms with Gasteiger partial charge in [-0.2, -0.15) is 5.26 Å². The molecule has 1 aliphatic heterocycles. The van der Waals surface area contributed by atoms with E-state index in [0.717, 1.165) is 58.3 Å². The predicted octanol–water partition coefficient (Wildman–Crippen LogP) is 6.68. The van der Waals surface area contributed by atoms with Gasteiger partial charge in [0.05, 0.1) is 18.2 Å². The number of esters is 1. The van der Waals surface area contributed by atoms with E-state index in [1.54, 1.807) is 11.8 Å². The highest BCUT2D eigenvalue weighted by atomic mass is 79.9. The lowest BCUT2D eigenvalue weighted by molar-refractivity contribution is -0.116. The van der Waals surface area contributed by atoms with Crippen molar-refractivity contribution in [3.63, 3.8) is 0 Å². The Balaban J connectivity index is 1.74. The zero-order valence-electron chi connectivity index (χ0n) is 20.2. The Morgan fingerprint density at radius 3 is 2.64 bits per heavy atom. The summed E-state index contributed by atoms with van der Waals surface area (Å²) in [5.41, 5.74) is 3.77. The SMILES string of the molecule is CCOC(=O)c1c(N2C(=N)C(C#N)C(c3ccc(Br)cc3)C3=C2CCCC3=O)sc2c1CCCCC2. The van der Waals surface area contributed by atoms with Gasteiger partial charge in [0.2, 0.25) is 0 Å². The Labute approximate surface area is 223 Å². The number of Topliss-reactive ketones (excluding diaryl/α,β-unsaturated/α-hetero) is 1. The minimum atomic E-state index is -0.844. The maximum atomic E-state index is 13.4. The maximum Gasteiger partial charge on any atom is 0.341 e. The molecule has 1 aromatic carbocycles. The summed E-state index contributed by atoms with van der Waals surface area (Å²) in [6.07, 6.45) is 6.61. The Hall–Kier alpha value is -2.76. The zero-order chi connectivity index (χ0) is 25.4. The standard InChI is InChI=1S/C28H28BrN3O3S/c1-2-35-28(34)24-18-7-4-3-5-10-22(18)36-27(24)32-20-8-6-9-21(33)25(20)23(19(15-30)26(32)31)16-11-13-17(29)14-12-16/h11-14,19,23,31H,2-10H2,1H3. The third kappa shape index (κ3) is 4.22. The van der Waals surface area contributed by atoms with E-state index in [-0.39, 0.29) is 24.2 Å². The quantitative estimate of drug-likeness (QED) is 0.329. The lowest BCUT2D eigenvalue weighted by Gasteiger charge is -2.42. The number of anilines is 1. The summed E-state index contributed by atoms with van der Waals surface area (Å²) < 4.78 is 6.40. The van der Waals surface area contributed by atoms with Gasteiger partial charge in [0.25, 0.3) is 0 Å². The molecule has 1 aromatic heterocycles. The molecule has 2 aliphatic carbocycles. The third-order valence-electron chi connectivity index (χ3n) is 7.33. The molecule has 2 heterocycles. The molecule has 1 N–H and O–H groups in total. The molecule has 0 radical (unpaired) electrons. The number of thiophene rings is 1. The number of ketones is 1. The number of halogens is 1. The maximum absolute atomic E-state index is 13.4. The average Bonchev–Trinajstić information content (AvgIpc) is 3.06. The molecule has 2 aromatic rings. The topological polar surface area (TPSA) is 94.2 Å². The van der Waals surface area contributed by atoms with Crippen molar-refractivity contribution in [2.45, 2.75) is 64.2 Å². The van der Waals surface area contributed by atoms with Crippen molar-refractivity contribution in [3.8, 4) is 6.07 Å². The molecule has 2 atom stereocenters. The molecule has 0 bridgehead atoms. The number of carbonyl (C=O) groups excluding carboxylic acids is 2. The number of amidine groups is 1. The van der Waals surface area contributed by atoms with Crippen molar-refractivity contribution in [2.24, 2.45) is 5.92 Å². The Morgan fingerprint density at radius 2 is 1.92 bits per heavy atom. The molecule has 8 heteroatoms. The van der Waals surface area contributed by atoms with E-state index in [2.05, 4.69) is 22.0 Å². The first-order valence-electron chi connectivity index (χ1n) is 12.6. The van der Waals surface area contributed by atoms with Gasteiger partial charge in [-0.15, -0.1) is 11.3 Å². The number of nitrogens with one attached hydrogen (secondary N) is 1. The molecule has 2 unspecified atom stereocenters. The first-order chi connectivity index (χ1) is 17.5. The van der Waals surface area contributed by atoms with E-state index in [1.807, 2.05) is 24.3 Å². The molecule has 6 nitrogen and oxygen atoms in total. The number of hydrogen-bond donors (Lipinski definition) is 1. The molecular formula is C28H28BrN3O3S. The number of benzene rings is 1. The molecular weight excluding hydrogens is 538 g/mol. The summed E-state index contributed by atoms with van der Waals surface area (Å²) in [5, 5.41) is 20.2. The van der Waals surface area contributed by atoms with Crippen LogP contribution < -0.4 is 4.90 Å². The van der Waals surface area contributed by atoms with E-state index in [1.165, 1.54) is 11.3 Å². The summed E-state index contributed by atoms with van der Waals surface area (Å²) in [6.45, 7) is 2.06. The molecule has 0 amide bonds. The molecule has 3 aliphatic rings. The second kappa shape index (κ2) is 10.3. The Morgan fingerprint density at radius 1 is 1.17 bits per heavy atom. The van der Waals surface area contributed by atoms with Gasteiger partial charge in [0.15, 0.2) is 5.78 Å². The normalized spacial score (nSPS) is 22.0. The molecule has 36 heavy (non-hydrogen) atoms. The number of carbonyl (C=O) groups is 2. The van der Waals surface area contributed by atoms with Crippen LogP contribution in [-0.4, -0.2) is 24.2 Å². The first-order valence-corrected chi connectivity index (χ1v) is 14.2. The number of nitrogens with zero attached hydrogens (tertiary/aromatic N) is 2. The van der Waals surface area contributed by atoms with Crippen LogP contribution in [0.4, 0.5) is 5.00 Å². The number of hydrogen-bond acceptors (Lipinski definition) is 6. The van der Waals surface area contributed by atoms with Gasteiger partial charge in [-0.25, -0.2) is 4.79 Å². The van der Waals surface area contributed by atoms with Crippen molar-refractivity contribution in [1.82, 2.24) is 0 Å². The van der Waals surface area contributed by atoms with Gasteiger partial charge in [-0.05, 0) is 68.7 Å². The fraction of sp³-hybridized carbons (Fsp3) is 0.429. The highest BCUT2D eigenvalue weighted by molar-refractivity contribution is 9.10. The van der Waals surface area contributed by atoms with Crippen LogP contribution in [0.1, 0.15) is 77.7 Å². The Kier molecular flexibility index (Phi) is 7.14. The highest BCUT2D eigenvalue weighted by Gasteiger charge is 2.46. The van der Waals surface area contributed by atoms with Crippen molar-refractivity contribution in [2.75, 3.05) is 11.5 Å². The number of rotatable bonds is 4. The fourth-order valence-electron chi connectivity index (χ4n) is 5.74. The van der Waals surface area contributed by atoms with Crippen molar-refractivity contribution in [1.29, 1.82) is 10.7 Å². The summed E-state index contributed by atoms with van der Waals surface area (Å²) in [5.74, 6) is -1.58. The molecule has 186 valence electrons. The van der Waals surface area contributed by atoms with E-state index >= 15 is 0 Å². The van der Waals surface area contributed by atoms with E-state index < -0.39 is 11.8 Å². The van der Waals surface area contributed by atoms with Crippen LogP contribution in [0.3, 0.4) is 0 Å². The van der Waals surface area contributed by atoms with Gasteiger partial charge in [-0.3, -0.25) is 15.1 Å². The average molecular weight is 567 g/mol. The van der Waals surface area contributed by atoms with E-state index in [4.69, 9.17) is 4.74 Å².